The highest BCUT2D eigenvalue weighted by Gasteiger charge is 2.51. The molecule has 25 nitrogen and oxygen atoms in total. The molecule has 3 saturated heterocycles. The average molecular weight is 1400 g/mol. The third kappa shape index (κ3) is 20.7. The van der Waals surface area contributed by atoms with Crippen LogP contribution >= 0.6 is 11.6 Å². The maximum atomic E-state index is 15.4. The third-order valence-corrected chi connectivity index (χ3v) is 22.0. The number of carbonyl (C=O) groups is 12. The fourth-order valence-electron chi connectivity index (χ4n) is 14.9. The summed E-state index contributed by atoms with van der Waals surface area (Å²) in [5, 5.41) is 10.3. The Morgan fingerprint density at radius 3 is 1.86 bits per heavy atom. The number of carbonyl (C=O) groups excluding carboxylic acids is 12. The summed E-state index contributed by atoms with van der Waals surface area (Å²) in [5.74, 6) is -11.4. The highest BCUT2D eigenvalue weighted by molar-refractivity contribution is 6.20. The van der Waals surface area contributed by atoms with Crippen LogP contribution in [0, 0.1) is 35.5 Å². The molecule has 6 rings (SSSR count). The summed E-state index contributed by atoms with van der Waals surface area (Å²) in [4.78, 5) is 187. The van der Waals surface area contributed by atoms with Crippen LogP contribution in [0.15, 0.2) is 0 Å². The van der Waals surface area contributed by atoms with Crippen LogP contribution in [0.3, 0.4) is 0 Å². The number of ether oxygens (including phenoxy) is 1. The van der Waals surface area contributed by atoms with Gasteiger partial charge in [-0.3, -0.25) is 57.5 Å². The number of rotatable bonds is 12. The van der Waals surface area contributed by atoms with Crippen LogP contribution in [0.1, 0.15) is 176 Å². The van der Waals surface area contributed by atoms with Crippen molar-refractivity contribution in [2.75, 3.05) is 88.3 Å². The Balaban J connectivity index is 1.39. The van der Waals surface area contributed by atoms with Gasteiger partial charge in [0.25, 0.3) is 0 Å². The van der Waals surface area contributed by atoms with Gasteiger partial charge in [-0.05, 0) is 100 Å². The minimum Gasteiger partial charge on any atom is -0.359 e. The van der Waals surface area contributed by atoms with E-state index in [-0.39, 0.29) is 108 Å². The molecule has 6 aliphatic rings. The van der Waals surface area contributed by atoms with Crippen molar-refractivity contribution >= 4 is 82.5 Å². The minimum absolute atomic E-state index is 0.00533. The highest BCUT2D eigenvalue weighted by Crippen LogP contribution is 2.44. The molecule has 0 radical (unpaired) electrons. The number of nitrogens with one attached hydrogen (secondary N) is 4. The summed E-state index contributed by atoms with van der Waals surface area (Å²) in [6.07, 6.45) is 2.16. The second-order valence-electron chi connectivity index (χ2n) is 29.1. The van der Waals surface area contributed by atoms with E-state index >= 15 is 14.4 Å². The predicted octanol–water partition coefficient (Wildman–Crippen LogP) is 4.41. The molecular formula is C68H110ClF3N12O13. The van der Waals surface area contributed by atoms with Crippen LogP contribution in [0.4, 0.5) is 13.2 Å². The standard InChI is InChI=1S/C68H110ClF3N12O13/c1-13-42(5)57-65(95)79(9)38-55(87)77(7)39-56(88)81(11)52(35-44-21-16-15-17-22-44)64(94)78(8)37-53(85)73-48(27-25-45-24-26-46(47(69)34-45)68(70,71)72)63(93)84-30-20-23-50(84)60(90)76-67(28-18-19-29-67)66(96)82(12)58(43(6)14-2)61(91)74-49(62(92)83-31-32-97-40-83)36-54(86)80(10)51(33-41(3)4)59(89)75-57/h41-52,57-58H,13-40H2,1-12H3,(H,73,85)(H,74,91)(H,75,89)(H,76,90)/t42-,43-,45?,46?,47?,48-,49-,50-,51-,52-,57-,58-/m0/s1. The topological polar surface area (TPSA) is 288 Å². The van der Waals surface area contributed by atoms with Gasteiger partial charge in [0.15, 0.2) is 0 Å². The lowest BCUT2D eigenvalue weighted by Crippen LogP contribution is -2.65. The summed E-state index contributed by atoms with van der Waals surface area (Å²) < 4.78 is 47.4. The maximum absolute atomic E-state index is 15.4. The fourth-order valence-corrected chi connectivity index (χ4v) is 15.4. The first-order valence-electron chi connectivity index (χ1n) is 35.3. The third-order valence-electron chi connectivity index (χ3n) is 21.5. The zero-order chi connectivity index (χ0) is 72.0. The minimum atomic E-state index is -4.51. The number of amides is 12. The Labute approximate surface area is 575 Å². The van der Waals surface area contributed by atoms with Crippen molar-refractivity contribution < 1.29 is 75.4 Å². The normalized spacial score (nSPS) is 29.6. The molecule has 6 fully saturated rings. The summed E-state index contributed by atoms with van der Waals surface area (Å²) in [7, 11) is 8.42. The molecule has 0 aromatic carbocycles. The molecule has 3 aliphatic carbocycles. The Kier molecular flexibility index (Phi) is 29.3. The average Bonchev–Trinajstić information content (AvgIpc) is 1.76. The van der Waals surface area contributed by atoms with Crippen LogP contribution in [0.2, 0.25) is 0 Å². The summed E-state index contributed by atoms with van der Waals surface area (Å²) in [6, 6.07) is -8.85. The number of hydrogen-bond donors (Lipinski definition) is 4. The molecule has 3 unspecified atom stereocenters. The Bertz CT molecular complexity index is 2800. The number of fused-ring (bicyclic) bond motifs is 1. The molecule has 1 spiro atoms. The first-order valence-corrected chi connectivity index (χ1v) is 35.7. The number of halogens is 4. The van der Waals surface area contributed by atoms with Crippen molar-refractivity contribution in [3.05, 3.63) is 0 Å². The molecule has 3 saturated carbocycles. The van der Waals surface area contributed by atoms with Crippen LogP contribution in [-0.2, 0) is 62.3 Å². The molecule has 12 amide bonds. The van der Waals surface area contributed by atoms with Crippen LogP contribution in [-0.4, -0.2) is 258 Å². The van der Waals surface area contributed by atoms with Crippen molar-refractivity contribution in [1.82, 2.24) is 60.5 Å². The van der Waals surface area contributed by atoms with Gasteiger partial charge in [0.05, 0.1) is 38.6 Å². The van der Waals surface area contributed by atoms with Gasteiger partial charge >= 0.3 is 6.18 Å². The zero-order valence-corrected chi connectivity index (χ0v) is 60.0. The molecule has 3 aliphatic heterocycles. The number of alkyl halides is 4. The van der Waals surface area contributed by atoms with Crippen LogP contribution in [0.25, 0.3) is 0 Å². The fraction of sp³-hybridized carbons (Fsp3) is 0.824. The lowest BCUT2D eigenvalue weighted by Gasteiger charge is -2.40. The van der Waals surface area contributed by atoms with Crippen LogP contribution in [0.5, 0.6) is 0 Å². The molecule has 0 aromatic rings. The van der Waals surface area contributed by atoms with Gasteiger partial charge in [0, 0.05) is 60.8 Å². The van der Waals surface area contributed by atoms with E-state index in [2.05, 4.69) is 21.3 Å². The molecule has 12 atom stereocenters. The zero-order valence-electron chi connectivity index (χ0n) is 59.3. The summed E-state index contributed by atoms with van der Waals surface area (Å²) in [5.41, 5.74) is -1.58. The van der Waals surface area contributed by atoms with E-state index < -0.39 is 174 Å². The van der Waals surface area contributed by atoms with Gasteiger partial charge < -0.3 is 65.2 Å². The van der Waals surface area contributed by atoms with E-state index in [9.17, 15) is 56.3 Å². The Morgan fingerprint density at radius 1 is 0.629 bits per heavy atom. The Morgan fingerprint density at radius 2 is 1.26 bits per heavy atom. The quantitative estimate of drug-likeness (QED) is 0.197. The van der Waals surface area contributed by atoms with E-state index in [4.69, 9.17) is 16.3 Å². The van der Waals surface area contributed by atoms with E-state index in [0.29, 0.717) is 32.1 Å². The molecule has 0 aromatic heterocycles. The molecule has 4 N–H and O–H groups in total. The molecule has 29 heteroatoms. The maximum Gasteiger partial charge on any atom is 0.393 e. The van der Waals surface area contributed by atoms with Crippen molar-refractivity contribution in [2.24, 2.45) is 35.5 Å². The summed E-state index contributed by atoms with van der Waals surface area (Å²) in [6.45, 7) is 9.43. The van der Waals surface area contributed by atoms with E-state index in [1.165, 1.54) is 66.8 Å². The SMILES string of the molecule is CC[C@H](C)[C@@H]1NC(=O)[C@H](CC(C)C)N(C)C(=O)C[C@@H](C(=O)N2CCOC2)NC(=O)[C@H]([C@@H](C)CC)N(C)C(=O)C2(CCCC2)NC(=O)[C@@H]2CCCN2C(=O)[C@H](CCC2CCC(C(F)(F)F)C(Cl)C2)NC(=O)CN(C)C(=O)[C@H](CC2CCCCC2)N(C)C(=O)CN(C)C(=O)CN(C)C1=O. The monoisotopic (exact) mass is 1390 g/mol. The van der Waals surface area contributed by atoms with Gasteiger partial charge in [-0.15, -0.1) is 11.6 Å². The molecule has 97 heavy (non-hydrogen) atoms. The first-order chi connectivity index (χ1) is 45.6. The number of nitrogens with zero attached hydrogens (tertiary/aromatic N) is 8. The highest BCUT2D eigenvalue weighted by atomic mass is 35.5. The van der Waals surface area contributed by atoms with Gasteiger partial charge in [-0.25, -0.2) is 0 Å². The molecular weight excluding hydrogens is 1290 g/mol. The lowest BCUT2D eigenvalue weighted by molar-refractivity contribution is -0.182. The van der Waals surface area contributed by atoms with E-state index in [0.717, 1.165) is 46.8 Å². The van der Waals surface area contributed by atoms with Crippen molar-refractivity contribution in [2.45, 2.75) is 236 Å². The van der Waals surface area contributed by atoms with Crippen molar-refractivity contribution in [3.63, 3.8) is 0 Å². The van der Waals surface area contributed by atoms with Gasteiger partial charge in [-0.1, -0.05) is 99.3 Å². The van der Waals surface area contributed by atoms with Gasteiger partial charge in [0.2, 0.25) is 70.9 Å². The number of hydrogen-bond acceptors (Lipinski definition) is 13. The first kappa shape index (κ1) is 79.7. The second-order valence-corrected chi connectivity index (χ2v) is 29.6. The van der Waals surface area contributed by atoms with E-state index in [1.807, 2.05) is 27.7 Å². The predicted molar refractivity (Wildman–Crippen MR) is 355 cm³/mol. The molecule has 0 bridgehead atoms. The summed E-state index contributed by atoms with van der Waals surface area (Å²) >= 11 is 6.38. The Hall–Kier alpha value is -6.32. The van der Waals surface area contributed by atoms with Crippen LogP contribution < -0.4 is 21.3 Å². The number of likely N-dealkylation sites (N-methyl/N-ethyl adjacent to an activating group) is 6. The largest absolute Gasteiger partial charge is 0.393 e. The lowest BCUT2D eigenvalue weighted by atomic mass is 9.78. The van der Waals surface area contributed by atoms with Gasteiger partial charge in [0.1, 0.15) is 54.6 Å². The van der Waals surface area contributed by atoms with Crippen molar-refractivity contribution in [3.8, 4) is 0 Å². The smallest absolute Gasteiger partial charge is 0.359 e. The molecule has 3 heterocycles. The second kappa shape index (κ2) is 35.6. The van der Waals surface area contributed by atoms with E-state index in [1.54, 1.807) is 13.8 Å². The van der Waals surface area contributed by atoms with Crippen molar-refractivity contribution in [1.29, 1.82) is 0 Å². The van der Waals surface area contributed by atoms with Gasteiger partial charge in [-0.2, -0.15) is 13.2 Å². The molecule has 548 valence electrons.